The monoisotopic (exact) mass is 397 g/mol. The number of para-hydroxylation sites is 1. The van der Waals surface area contributed by atoms with Gasteiger partial charge in [0.2, 0.25) is 0 Å². The van der Waals surface area contributed by atoms with Gasteiger partial charge in [0.05, 0.1) is 17.1 Å². The van der Waals surface area contributed by atoms with Gasteiger partial charge in [0.15, 0.2) is 0 Å². The minimum absolute atomic E-state index is 0.0117. The summed E-state index contributed by atoms with van der Waals surface area (Å²) in [5, 5.41) is 14.0. The van der Waals surface area contributed by atoms with E-state index in [0.29, 0.717) is 6.54 Å². The topological polar surface area (TPSA) is 102 Å². The molecule has 1 saturated heterocycles. The number of benzene rings is 2. The third-order valence-electron chi connectivity index (χ3n) is 4.86. The van der Waals surface area contributed by atoms with Crippen LogP contribution < -0.4 is 10.2 Å². The summed E-state index contributed by atoms with van der Waals surface area (Å²) >= 11 is 0. The van der Waals surface area contributed by atoms with Crippen LogP contribution in [0.5, 0.6) is 0 Å². The van der Waals surface area contributed by atoms with Gasteiger partial charge in [0.1, 0.15) is 0 Å². The first-order valence-corrected chi connectivity index (χ1v) is 9.52. The lowest BCUT2D eigenvalue weighted by molar-refractivity contribution is -0.384. The van der Waals surface area contributed by atoms with E-state index in [1.165, 1.54) is 12.1 Å². The Bertz CT molecular complexity index is 900. The molecule has 1 aliphatic rings. The van der Waals surface area contributed by atoms with Crippen LogP contribution in [0.2, 0.25) is 0 Å². The lowest BCUT2D eigenvalue weighted by atomic mass is 10.1. The minimum atomic E-state index is -0.695. The largest absolute Gasteiger partial charge is 0.462 e. The molecule has 0 spiro atoms. The molecule has 1 N–H and O–H groups in total. The molecule has 3 rings (SSSR count). The van der Waals surface area contributed by atoms with Crippen molar-refractivity contribution in [1.82, 2.24) is 5.32 Å². The fourth-order valence-electron chi connectivity index (χ4n) is 3.39. The first-order chi connectivity index (χ1) is 14.0. The number of anilines is 1. The van der Waals surface area contributed by atoms with E-state index in [4.69, 9.17) is 4.74 Å². The average molecular weight is 397 g/mol. The lowest BCUT2D eigenvalue weighted by Gasteiger charge is -2.18. The molecule has 8 heteroatoms. The number of esters is 1. The maximum absolute atomic E-state index is 12.6. The second-order valence-corrected chi connectivity index (χ2v) is 6.89. The standard InChI is InChI=1S/C21H23N3O5/c1-2-29-21(26)17-10-16(11-19(12-17)24(27)28)20(25)22-13-15-8-9-23(14-15)18-6-4-3-5-7-18/h3-7,10-12,15H,2,8-9,13-14H2,1H3,(H,22,25). The Balaban J connectivity index is 1.64. The number of carbonyl (C=O) groups excluding carboxylic acids is 2. The number of nitrogens with one attached hydrogen (secondary N) is 1. The molecule has 1 aliphatic heterocycles. The molecule has 0 radical (unpaired) electrons. The Hall–Kier alpha value is -3.42. The number of rotatable bonds is 7. The molecule has 29 heavy (non-hydrogen) atoms. The van der Waals surface area contributed by atoms with E-state index in [1.807, 2.05) is 18.2 Å². The summed E-state index contributed by atoms with van der Waals surface area (Å²) in [6.45, 7) is 3.98. The summed E-state index contributed by atoms with van der Waals surface area (Å²) < 4.78 is 4.89. The second kappa shape index (κ2) is 9.18. The molecular formula is C21H23N3O5. The molecule has 8 nitrogen and oxygen atoms in total. The highest BCUT2D eigenvalue weighted by Gasteiger charge is 2.24. The summed E-state index contributed by atoms with van der Waals surface area (Å²) in [5.74, 6) is -0.862. The predicted molar refractivity (Wildman–Crippen MR) is 108 cm³/mol. The van der Waals surface area contributed by atoms with Gasteiger partial charge < -0.3 is 15.0 Å². The van der Waals surface area contributed by atoms with Crippen LogP contribution in [0.25, 0.3) is 0 Å². The molecule has 1 unspecified atom stereocenters. The Morgan fingerprint density at radius 2 is 1.93 bits per heavy atom. The quantitative estimate of drug-likeness (QED) is 0.438. The van der Waals surface area contributed by atoms with E-state index < -0.39 is 16.8 Å². The number of nitro benzene ring substituents is 1. The molecule has 152 valence electrons. The van der Waals surface area contributed by atoms with Crippen LogP contribution in [0.15, 0.2) is 48.5 Å². The van der Waals surface area contributed by atoms with Crippen molar-refractivity contribution in [2.75, 3.05) is 31.1 Å². The van der Waals surface area contributed by atoms with Crippen molar-refractivity contribution in [3.05, 3.63) is 69.8 Å². The first kappa shape index (κ1) is 20.3. The first-order valence-electron chi connectivity index (χ1n) is 9.52. The molecule has 1 amide bonds. The number of non-ortho nitro benzene ring substituents is 1. The maximum atomic E-state index is 12.6. The molecular weight excluding hydrogens is 374 g/mol. The Kier molecular flexibility index (Phi) is 6.43. The van der Waals surface area contributed by atoms with Crippen LogP contribution in [0.4, 0.5) is 11.4 Å². The summed E-state index contributed by atoms with van der Waals surface area (Å²) in [7, 11) is 0. The Morgan fingerprint density at radius 1 is 1.21 bits per heavy atom. The van der Waals surface area contributed by atoms with Gasteiger partial charge in [-0.15, -0.1) is 0 Å². The van der Waals surface area contributed by atoms with Crippen molar-refractivity contribution in [1.29, 1.82) is 0 Å². The van der Waals surface area contributed by atoms with E-state index >= 15 is 0 Å². The molecule has 1 fully saturated rings. The SMILES string of the molecule is CCOC(=O)c1cc(C(=O)NCC2CCN(c3ccccc3)C2)cc([N+](=O)[O-])c1. The van der Waals surface area contributed by atoms with E-state index in [0.717, 1.165) is 31.3 Å². The summed E-state index contributed by atoms with van der Waals surface area (Å²) in [4.78, 5) is 37.3. The minimum Gasteiger partial charge on any atom is -0.462 e. The molecule has 2 aromatic carbocycles. The number of nitro groups is 1. The second-order valence-electron chi connectivity index (χ2n) is 6.89. The van der Waals surface area contributed by atoms with Crippen molar-refractivity contribution in [2.45, 2.75) is 13.3 Å². The van der Waals surface area contributed by atoms with E-state index in [9.17, 15) is 19.7 Å². The highest BCUT2D eigenvalue weighted by Crippen LogP contribution is 2.23. The lowest BCUT2D eigenvalue weighted by Crippen LogP contribution is -2.31. The number of ether oxygens (including phenoxy) is 1. The zero-order valence-corrected chi connectivity index (χ0v) is 16.2. The molecule has 0 bridgehead atoms. The van der Waals surface area contributed by atoms with Crippen LogP contribution in [-0.4, -0.2) is 43.0 Å². The van der Waals surface area contributed by atoms with Gasteiger partial charge >= 0.3 is 5.97 Å². The normalized spacial score (nSPS) is 15.8. The van der Waals surface area contributed by atoms with Crippen molar-refractivity contribution in [2.24, 2.45) is 5.92 Å². The van der Waals surface area contributed by atoms with E-state index in [2.05, 4.69) is 22.3 Å². The van der Waals surface area contributed by atoms with Crippen LogP contribution in [0, 0.1) is 16.0 Å². The maximum Gasteiger partial charge on any atom is 0.338 e. The summed E-state index contributed by atoms with van der Waals surface area (Å²) in [6.07, 6.45) is 0.943. The zero-order valence-electron chi connectivity index (χ0n) is 16.2. The van der Waals surface area contributed by atoms with Crippen LogP contribution in [-0.2, 0) is 4.74 Å². The molecule has 0 aromatic heterocycles. The molecule has 0 saturated carbocycles. The molecule has 1 atom stereocenters. The van der Waals surface area contributed by atoms with Gasteiger partial charge in [-0.3, -0.25) is 14.9 Å². The number of carbonyl (C=O) groups is 2. The molecule has 2 aromatic rings. The van der Waals surface area contributed by atoms with Crippen molar-refractivity contribution in [3.8, 4) is 0 Å². The molecule has 0 aliphatic carbocycles. The van der Waals surface area contributed by atoms with Gasteiger partial charge in [-0.25, -0.2) is 4.79 Å². The van der Waals surface area contributed by atoms with Crippen LogP contribution in [0.3, 0.4) is 0 Å². The van der Waals surface area contributed by atoms with Gasteiger partial charge in [-0.05, 0) is 37.5 Å². The predicted octanol–water partition coefficient (Wildman–Crippen LogP) is 3.03. The van der Waals surface area contributed by atoms with E-state index in [-0.39, 0.29) is 29.3 Å². The Labute approximate surface area is 168 Å². The number of hydrogen-bond acceptors (Lipinski definition) is 6. The molecule has 1 heterocycles. The highest BCUT2D eigenvalue weighted by molar-refractivity contribution is 5.99. The number of amides is 1. The van der Waals surface area contributed by atoms with E-state index in [1.54, 1.807) is 6.92 Å². The van der Waals surface area contributed by atoms with Crippen molar-refractivity contribution in [3.63, 3.8) is 0 Å². The van der Waals surface area contributed by atoms with Crippen molar-refractivity contribution < 1.29 is 19.2 Å². The van der Waals surface area contributed by atoms with Crippen LogP contribution in [0.1, 0.15) is 34.1 Å². The zero-order chi connectivity index (χ0) is 20.8. The van der Waals surface area contributed by atoms with Crippen molar-refractivity contribution >= 4 is 23.3 Å². The number of nitrogens with zero attached hydrogens (tertiary/aromatic N) is 2. The highest BCUT2D eigenvalue weighted by atomic mass is 16.6. The number of hydrogen-bond donors (Lipinski definition) is 1. The third kappa shape index (κ3) is 5.10. The van der Waals surface area contributed by atoms with Crippen LogP contribution >= 0.6 is 0 Å². The third-order valence-corrected chi connectivity index (χ3v) is 4.86. The van der Waals surface area contributed by atoms with Gasteiger partial charge in [-0.2, -0.15) is 0 Å². The van der Waals surface area contributed by atoms with Gasteiger partial charge in [0, 0.05) is 43.0 Å². The van der Waals surface area contributed by atoms with Gasteiger partial charge in [0.25, 0.3) is 11.6 Å². The fourth-order valence-corrected chi connectivity index (χ4v) is 3.39. The summed E-state index contributed by atoms with van der Waals surface area (Å²) in [6, 6.07) is 13.7. The Morgan fingerprint density at radius 3 is 2.62 bits per heavy atom. The average Bonchev–Trinajstić information content (AvgIpc) is 3.21. The smallest absolute Gasteiger partial charge is 0.338 e. The van der Waals surface area contributed by atoms with Gasteiger partial charge in [-0.1, -0.05) is 18.2 Å². The summed E-state index contributed by atoms with van der Waals surface area (Å²) in [5.41, 5.74) is 0.887. The fraction of sp³-hybridized carbons (Fsp3) is 0.333.